The van der Waals surface area contributed by atoms with Crippen LogP contribution < -0.4 is 0 Å². The molecule has 0 spiro atoms. The molecule has 10 heavy (non-hydrogen) atoms. The molecular formula is C8H7O2. The van der Waals surface area contributed by atoms with E-state index >= 15 is 0 Å². The van der Waals surface area contributed by atoms with Crippen molar-refractivity contribution in [3.63, 3.8) is 0 Å². The molecule has 1 aromatic rings. The van der Waals surface area contributed by atoms with Crippen LogP contribution in [0, 0.1) is 6.92 Å². The second kappa shape index (κ2) is 2.52. The zero-order chi connectivity index (χ0) is 7.56. The Hall–Kier alpha value is -1.31. The van der Waals surface area contributed by atoms with Gasteiger partial charge in [0.15, 0.2) is 0 Å². The molecule has 0 unspecified atom stereocenters. The predicted molar refractivity (Wildman–Crippen MR) is 37.6 cm³/mol. The number of carbonyl (C=O) groups excluding carboxylic acids is 1. The Morgan fingerprint density at radius 1 is 1.50 bits per heavy atom. The number of phenolic OH excluding ortho intramolecular Hbond substituents is 1. The molecule has 0 saturated carbocycles. The van der Waals surface area contributed by atoms with Crippen molar-refractivity contribution in [2.45, 2.75) is 6.92 Å². The van der Waals surface area contributed by atoms with Crippen LogP contribution in [0.2, 0.25) is 0 Å². The molecule has 0 aliphatic rings. The standard InChI is InChI=1S/C8H7O2/c1-6-7(5-9)3-2-4-8(6)10/h2-4,10H,1H3. The van der Waals surface area contributed by atoms with Crippen LogP contribution in [0.15, 0.2) is 18.2 Å². The van der Waals surface area contributed by atoms with E-state index in [1.54, 1.807) is 25.3 Å². The van der Waals surface area contributed by atoms with Crippen LogP contribution >= 0.6 is 0 Å². The van der Waals surface area contributed by atoms with Gasteiger partial charge in [0.25, 0.3) is 0 Å². The minimum absolute atomic E-state index is 0.140. The fourth-order valence-electron chi connectivity index (χ4n) is 0.734. The molecule has 0 heterocycles. The lowest BCUT2D eigenvalue weighted by Crippen LogP contribution is -1.85. The highest BCUT2D eigenvalue weighted by molar-refractivity contribution is 5.78. The average molecular weight is 135 g/mol. The van der Waals surface area contributed by atoms with Gasteiger partial charge in [-0.2, -0.15) is 0 Å². The first-order valence-electron chi connectivity index (χ1n) is 2.92. The summed E-state index contributed by atoms with van der Waals surface area (Å²) in [5.41, 5.74) is 0.998. The van der Waals surface area contributed by atoms with Gasteiger partial charge in [0.1, 0.15) is 5.75 Å². The zero-order valence-electron chi connectivity index (χ0n) is 5.59. The minimum atomic E-state index is 0.140. The Morgan fingerprint density at radius 3 is 2.70 bits per heavy atom. The van der Waals surface area contributed by atoms with E-state index in [4.69, 9.17) is 5.11 Å². The van der Waals surface area contributed by atoms with Crippen LogP contribution in [0.4, 0.5) is 0 Å². The summed E-state index contributed by atoms with van der Waals surface area (Å²) >= 11 is 0. The molecule has 0 atom stereocenters. The van der Waals surface area contributed by atoms with E-state index in [1.165, 1.54) is 6.07 Å². The maximum absolute atomic E-state index is 10.1. The Labute approximate surface area is 59.1 Å². The average Bonchev–Trinajstić information content (AvgIpc) is 1.95. The van der Waals surface area contributed by atoms with Crippen molar-refractivity contribution >= 4 is 6.29 Å². The van der Waals surface area contributed by atoms with Gasteiger partial charge in [-0.05, 0) is 13.0 Å². The van der Waals surface area contributed by atoms with Crippen molar-refractivity contribution in [2.24, 2.45) is 0 Å². The Kier molecular flexibility index (Phi) is 1.71. The lowest BCUT2D eigenvalue weighted by atomic mass is 10.1. The van der Waals surface area contributed by atoms with Crippen LogP contribution in [0.3, 0.4) is 0 Å². The summed E-state index contributed by atoms with van der Waals surface area (Å²) < 4.78 is 0. The molecule has 1 rings (SSSR count). The molecule has 1 radical (unpaired) electrons. The van der Waals surface area contributed by atoms with Gasteiger partial charge < -0.3 is 5.11 Å². The number of hydrogen-bond acceptors (Lipinski definition) is 2. The topological polar surface area (TPSA) is 37.3 Å². The molecule has 0 amide bonds. The maximum Gasteiger partial charge on any atom is 0.233 e. The van der Waals surface area contributed by atoms with Gasteiger partial charge in [-0.15, -0.1) is 0 Å². The molecule has 0 aromatic heterocycles. The van der Waals surface area contributed by atoms with Crippen LogP contribution in [0.25, 0.3) is 0 Å². The Bertz CT molecular complexity index is 253. The number of rotatable bonds is 1. The second-order valence-electron chi connectivity index (χ2n) is 2.05. The molecule has 0 aliphatic carbocycles. The van der Waals surface area contributed by atoms with Gasteiger partial charge in [-0.25, -0.2) is 0 Å². The molecule has 51 valence electrons. The lowest BCUT2D eigenvalue weighted by molar-refractivity contribution is 0.470. The van der Waals surface area contributed by atoms with E-state index in [2.05, 4.69) is 0 Å². The zero-order valence-corrected chi connectivity index (χ0v) is 5.59. The fourth-order valence-corrected chi connectivity index (χ4v) is 0.734. The third-order valence-electron chi connectivity index (χ3n) is 1.42. The van der Waals surface area contributed by atoms with E-state index < -0.39 is 0 Å². The highest BCUT2D eigenvalue weighted by Gasteiger charge is 1.99. The van der Waals surface area contributed by atoms with E-state index in [1.807, 2.05) is 0 Å². The van der Waals surface area contributed by atoms with Gasteiger partial charge in [-0.1, -0.05) is 12.1 Å². The summed E-state index contributed by atoms with van der Waals surface area (Å²) in [6.45, 7) is 1.68. The first-order chi connectivity index (χ1) is 4.75. The highest BCUT2D eigenvalue weighted by atomic mass is 16.3. The van der Waals surface area contributed by atoms with Gasteiger partial charge >= 0.3 is 0 Å². The van der Waals surface area contributed by atoms with Crippen molar-refractivity contribution < 1.29 is 9.90 Å². The summed E-state index contributed by atoms with van der Waals surface area (Å²) in [5, 5.41) is 9.05. The molecule has 0 bridgehead atoms. The van der Waals surface area contributed by atoms with Crippen molar-refractivity contribution in [3.8, 4) is 5.75 Å². The molecule has 0 aliphatic heterocycles. The number of hydrogen-bond donors (Lipinski definition) is 1. The first kappa shape index (κ1) is 6.81. The quantitative estimate of drug-likeness (QED) is 0.627. The molecule has 0 fully saturated rings. The van der Waals surface area contributed by atoms with Gasteiger partial charge in [0.05, 0.1) is 0 Å². The van der Waals surface area contributed by atoms with Crippen molar-refractivity contribution in [3.05, 3.63) is 29.3 Å². The normalized spacial score (nSPS) is 9.30. The van der Waals surface area contributed by atoms with E-state index in [-0.39, 0.29) is 5.75 Å². The molecule has 1 N–H and O–H groups in total. The molecule has 0 saturated heterocycles. The molecule has 2 heteroatoms. The van der Waals surface area contributed by atoms with Gasteiger partial charge in [-0.3, -0.25) is 4.79 Å². The summed E-state index contributed by atoms with van der Waals surface area (Å²) in [5.74, 6) is 0.140. The fraction of sp³-hybridized carbons (Fsp3) is 0.125. The number of benzene rings is 1. The van der Waals surface area contributed by atoms with E-state index in [9.17, 15) is 4.79 Å². The van der Waals surface area contributed by atoms with Crippen LogP contribution in [0.1, 0.15) is 11.1 Å². The van der Waals surface area contributed by atoms with Gasteiger partial charge in [0, 0.05) is 11.1 Å². The maximum atomic E-state index is 10.1. The lowest BCUT2D eigenvalue weighted by Gasteiger charge is -1.97. The Balaban J connectivity index is 3.27. The smallest absolute Gasteiger partial charge is 0.233 e. The SMILES string of the molecule is Cc1c(O)cccc1[C]=O. The number of aromatic hydroxyl groups is 1. The van der Waals surface area contributed by atoms with Crippen LogP contribution in [0.5, 0.6) is 5.75 Å². The van der Waals surface area contributed by atoms with Crippen molar-refractivity contribution in [1.29, 1.82) is 0 Å². The third-order valence-corrected chi connectivity index (χ3v) is 1.42. The van der Waals surface area contributed by atoms with Crippen LogP contribution in [-0.2, 0) is 4.79 Å². The third kappa shape index (κ3) is 1.00. The highest BCUT2D eigenvalue weighted by Crippen LogP contribution is 2.17. The van der Waals surface area contributed by atoms with E-state index in [0.717, 1.165) is 0 Å². The van der Waals surface area contributed by atoms with Gasteiger partial charge in [0.2, 0.25) is 6.29 Å². The number of phenols is 1. The minimum Gasteiger partial charge on any atom is -0.508 e. The summed E-state index contributed by atoms with van der Waals surface area (Å²) in [6, 6.07) is 4.76. The van der Waals surface area contributed by atoms with Crippen LogP contribution in [-0.4, -0.2) is 11.4 Å². The van der Waals surface area contributed by atoms with E-state index in [0.29, 0.717) is 11.1 Å². The van der Waals surface area contributed by atoms with Crippen molar-refractivity contribution in [2.75, 3.05) is 0 Å². The Morgan fingerprint density at radius 2 is 2.20 bits per heavy atom. The second-order valence-corrected chi connectivity index (χ2v) is 2.05. The monoisotopic (exact) mass is 135 g/mol. The predicted octanol–water partition coefficient (Wildman–Crippen LogP) is 1.16. The summed E-state index contributed by atoms with van der Waals surface area (Å²) in [6.07, 6.45) is 1.73. The summed E-state index contributed by atoms with van der Waals surface area (Å²) in [4.78, 5) is 10.1. The molecule has 2 nitrogen and oxygen atoms in total. The molecule has 1 aromatic carbocycles. The first-order valence-corrected chi connectivity index (χ1v) is 2.92. The van der Waals surface area contributed by atoms with Crippen molar-refractivity contribution in [1.82, 2.24) is 0 Å². The summed E-state index contributed by atoms with van der Waals surface area (Å²) in [7, 11) is 0. The largest absolute Gasteiger partial charge is 0.508 e. The molecular weight excluding hydrogens is 128 g/mol.